The van der Waals surface area contributed by atoms with Gasteiger partial charge < -0.3 is 5.11 Å². The molecule has 1 aromatic rings. The molecule has 0 aliphatic carbocycles. The van der Waals surface area contributed by atoms with Crippen molar-refractivity contribution in [2.75, 3.05) is 0 Å². The van der Waals surface area contributed by atoms with Crippen LogP contribution in [0.1, 0.15) is 30.9 Å². The van der Waals surface area contributed by atoms with Crippen molar-refractivity contribution in [1.29, 1.82) is 0 Å². The average molecular weight is 212 g/mol. The highest BCUT2D eigenvalue weighted by molar-refractivity contribution is 6.30. The molecule has 76 valence electrons. The van der Waals surface area contributed by atoms with E-state index < -0.39 is 0 Å². The lowest BCUT2D eigenvalue weighted by molar-refractivity contribution is 0.0852. The van der Waals surface area contributed by atoms with Crippen LogP contribution in [0, 0.1) is 0 Å². The minimum atomic E-state index is -0.368. The van der Waals surface area contributed by atoms with Gasteiger partial charge in [0.05, 0.1) is 0 Å². The van der Waals surface area contributed by atoms with Gasteiger partial charge in [0.2, 0.25) is 0 Å². The van der Waals surface area contributed by atoms with E-state index in [0.717, 1.165) is 29.8 Å². The molecule has 1 saturated heterocycles. The summed E-state index contributed by atoms with van der Waals surface area (Å²) >= 11 is 5.91. The summed E-state index contributed by atoms with van der Waals surface area (Å²) in [6.45, 7) is 0. The van der Waals surface area contributed by atoms with Crippen LogP contribution in [0.4, 0.5) is 0 Å². The Morgan fingerprint density at radius 2 is 2.21 bits per heavy atom. The zero-order chi connectivity index (χ0) is 9.97. The van der Waals surface area contributed by atoms with Crippen LogP contribution < -0.4 is 5.32 Å². The third kappa shape index (κ3) is 2.27. The van der Waals surface area contributed by atoms with Crippen LogP contribution in [0.5, 0.6) is 0 Å². The molecule has 0 radical (unpaired) electrons. The zero-order valence-electron chi connectivity index (χ0n) is 7.91. The maximum atomic E-state index is 9.47. The van der Waals surface area contributed by atoms with E-state index in [1.807, 2.05) is 24.3 Å². The van der Waals surface area contributed by atoms with Crippen molar-refractivity contribution < 1.29 is 5.11 Å². The Bertz CT molecular complexity index is 316. The van der Waals surface area contributed by atoms with E-state index in [2.05, 4.69) is 5.32 Å². The molecule has 2 unspecified atom stereocenters. The largest absolute Gasteiger partial charge is 0.379 e. The summed E-state index contributed by atoms with van der Waals surface area (Å²) in [6.07, 6.45) is 2.60. The molecular formula is C11H14ClNO. The van der Waals surface area contributed by atoms with Crippen molar-refractivity contribution >= 4 is 11.6 Å². The average Bonchev–Trinajstić information content (AvgIpc) is 2.18. The molecule has 1 aliphatic rings. The van der Waals surface area contributed by atoms with Crippen LogP contribution in [0.2, 0.25) is 5.02 Å². The Morgan fingerprint density at radius 3 is 2.93 bits per heavy atom. The molecule has 1 aliphatic heterocycles. The maximum absolute atomic E-state index is 9.47. The van der Waals surface area contributed by atoms with Gasteiger partial charge in [0.15, 0.2) is 0 Å². The van der Waals surface area contributed by atoms with Gasteiger partial charge in [0.25, 0.3) is 0 Å². The lowest BCUT2D eigenvalue weighted by Crippen LogP contribution is -2.36. The SMILES string of the molecule is OC1CCCC(c2cccc(Cl)c2)N1. The molecule has 2 nitrogen and oxygen atoms in total. The number of hydrogen-bond acceptors (Lipinski definition) is 2. The zero-order valence-corrected chi connectivity index (χ0v) is 8.67. The van der Waals surface area contributed by atoms with Gasteiger partial charge in [-0.25, -0.2) is 0 Å². The number of piperidine rings is 1. The van der Waals surface area contributed by atoms with Crippen LogP contribution in [0.15, 0.2) is 24.3 Å². The Kier molecular flexibility index (Phi) is 3.06. The Labute approximate surface area is 88.9 Å². The van der Waals surface area contributed by atoms with Crippen molar-refractivity contribution in [3.8, 4) is 0 Å². The van der Waals surface area contributed by atoms with Crippen LogP contribution in [0.3, 0.4) is 0 Å². The molecule has 1 aromatic carbocycles. The van der Waals surface area contributed by atoms with Gasteiger partial charge in [-0.05, 0) is 37.0 Å². The number of aliphatic hydroxyl groups is 1. The molecule has 2 atom stereocenters. The van der Waals surface area contributed by atoms with Crippen LogP contribution in [-0.2, 0) is 0 Å². The summed E-state index contributed by atoms with van der Waals surface area (Å²) in [5.41, 5.74) is 1.16. The van der Waals surface area contributed by atoms with E-state index in [4.69, 9.17) is 11.6 Å². The number of rotatable bonds is 1. The topological polar surface area (TPSA) is 32.3 Å². The van der Waals surface area contributed by atoms with E-state index in [9.17, 15) is 5.11 Å². The third-order valence-electron chi connectivity index (χ3n) is 2.61. The first kappa shape index (κ1) is 9.97. The van der Waals surface area contributed by atoms with E-state index >= 15 is 0 Å². The molecule has 0 aromatic heterocycles. The number of nitrogens with one attached hydrogen (secondary N) is 1. The van der Waals surface area contributed by atoms with Crippen molar-refractivity contribution in [3.63, 3.8) is 0 Å². The standard InChI is InChI=1S/C11H14ClNO/c12-9-4-1-3-8(7-9)10-5-2-6-11(14)13-10/h1,3-4,7,10-11,13-14H,2,5-6H2. The van der Waals surface area contributed by atoms with Gasteiger partial charge in [-0.15, -0.1) is 0 Å². The molecule has 14 heavy (non-hydrogen) atoms. The highest BCUT2D eigenvalue weighted by atomic mass is 35.5. The molecule has 0 bridgehead atoms. The first-order chi connectivity index (χ1) is 6.75. The van der Waals surface area contributed by atoms with Crippen LogP contribution in [0.25, 0.3) is 0 Å². The Hall–Kier alpha value is -0.570. The monoisotopic (exact) mass is 211 g/mol. The lowest BCUT2D eigenvalue weighted by Gasteiger charge is -2.28. The summed E-state index contributed by atoms with van der Waals surface area (Å²) in [4.78, 5) is 0. The highest BCUT2D eigenvalue weighted by Gasteiger charge is 2.20. The normalized spacial score (nSPS) is 27.6. The highest BCUT2D eigenvalue weighted by Crippen LogP contribution is 2.26. The molecule has 0 spiro atoms. The number of hydrogen-bond donors (Lipinski definition) is 2. The minimum absolute atomic E-state index is 0.248. The summed E-state index contributed by atoms with van der Waals surface area (Å²) in [5.74, 6) is 0. The summed E-state index contributed by atoms with van der Waals surface area (Å²) in [6, 6.07) is 8.06. The molecule has 2 rings (SSSR count). The fourth-order valence-corrected chi connectivity index (χ4v) is 2.10. The molecule has 0 amide bonds. The first-order valence-corrected chi connectivity index (χ1v) is 5.33. The van der Waals surface area contributed by atoms with E-state index in [1.54, 1.807) is 0 Å². The van der Waals surface area contributed by atoms with E-state index in [1.165, 1.54) is 0 Å². The Balaban J connectivity index is 2.14. The number of aliphatic hydroxyl groups excluding tert-OH is 1. The quantitative estimate of drug-likeness (QED) is 0.748. The summed E-state index contributed by atoms with van der Waals surface area (Å²) < 4.78 is 0. The van der Waals surface area contributed by atoms with Crippen LogP contribution in [-0.4, -0.2) is 11.3 Å². The van der Waals surface area contributed by atoms with Crippen molar-refractivity contribution in [3.05, 3.63) is 34.9 Å². The first-order valence-electron chi connectivity index (χ1n) is 4.95. The van der Waals surface area contributed by atoms with E-state index in [0.29, 0.717) is 0 Å². The second-order valence-electron chi connectivity index (χ2n) is 3.72. The molecule has 3 heteroatoms. The van der Waals surface area contributed by atoms with Gasteiger partial charge in [-0.2, -0.15) is 0 Å². The summed E-state index contributed by atoms with van der Waals surface area (Å²) in [7, 11) is 0. The predicted molar refractivity (Wildman–Crippen MR) is 57.2 cm³/mol. The van der Waals surface area contributed by atoms with Crippen LogP contribution >= 0.6 is 11.6 Å². The van der Waals surface area contributed by atoms with Gasteiger partial charge in [-0.3, -0.25) is 5.32 Å². The fourth-order valence-electron chi connectivity index (χ4n) is 1.90. The summed E-state index contributed by atoms with van der Waals surface area (Å²) in [5, 5.41) is 13.4. The molecular weight excluding hydrogens is 198 g/mol. The third-order valence-corrected chi connectivity index (χ3v) is 2.85. The van der Waals surface area contributed by atoms with Crippen molar-refractivity contribution in [1.82, 2.24) is 5.32 Å². The van der Waals surface area contributed by atoms with E-state index in [-0.39, 0.29) is 12.3 Å². The van der Waals surface area contributed by atoms with Gasteiger partial charge in [0, 0.05) is 11.1 Å². The van der Waals surface area contributed by atoms with Crippen molar-refractivity contribution in [2.45, 2.75) is 31.5 Å². The number of benzene rings is 1. The van der Waals surface area contributed by atoms with Gasteiger partial charge in [-0.1, -0.05) is 23.7 Å². The molecule has 1 fully saturated rings. The molecule has 1 heterocycles. The maximum Gasteiger partial charge on any atom is 0.105 e. The smallest absolute Gasteiger partial charge is 0.105 e. The van der Waals surface area contributed by atoms with Gasteiger partial charge >= 0.3 is 0 Å². The lowest BCUT2D eigenvalue weighted by atomic mass is 9.97. The Morgan fingerprint density at radius 1 is 1.36 bits per heavy atom. The molecule has 0 saturated carbocycles. The van der Waals surface area contributed by atoms with Gasteiger partial charge in [0.1, 0.15) is 6.23 Å². The fraction of sp³-hybridized carbons (Fsp3) is 0.455. The minimum Gasteiger partial charge on any atom is -0.379 e. The predicted octanol–water partition coefficient (Wildman–Crippen LogP) is 2.47. The second kappa shape index (κ2) is 4.30. The van der Waals surface area contributed by atoms with Crippen molar-refractivity contribution in [2.24, 2.45) is 0 Å². The molecule has 2 N–H and O–H groups in total. The second-order valence-corrected chi connectivity index (χ2v) is 4.16. The number of halogens is 1.